The van der Waals surface area contributed by atoms with Crippen LogP contribution in [-0.2, 0) is 0 Å². The first-order valence-corrected chi connectivity index (χ1v) is 7.71. The first-order valence-electron chi connectivity index (χ1n) is 7.71. The summed E-state index contributed by atoms with van der Waals surface area (Å²) in [6.45, 7) is 2.11. The van der Waals surface area contributed by atoms with Crippen molar-refractivity contribution in [2.45, 2.75) is 13.1 Å². The fraction of sp³-hybridized carbons (Fsp3) is 0.100. The van der Waals surface area contributed by atoms with Gasteiger partial charge in [0.2, 0.25) is 0 Å². The van der Waals surface area contributed by atoms with Crippen LogP contribution in [0.25, 0.3) is 6.20 Å². The molecule has 0 amide bonds. The van der Waals surface area contributed by atoms with E-state index in [2.05, 4.69) is 71.5 Å². The summed E-state index contributed by atoms with van der Waals surface area (Å²) in [4.78, 5) is 11.4. The van der Waals surface area contributed by atoms with Crippen LogP contribution in [0.3, 0.4) is 0 Å². The van der Waals surface area contributed by atoms with Gasteiger partial charge in [0.1, 0.15) is 0 Å². The third-order valence-corrected chi connectivity index (χ3v) is 4.02. The molecule has 1 aromatic heterocycles. The highest BCUT2D eigenvalue weighted by Gasteiger charge is 2.21. The zero-order valence-electron chi connectivity index (χ0n) is 12.9. The minimum Gasteiger partial charge on any atom is -0.321 e. The second-order valence-electron chi connectivity index (χ2n) is 5.72. The average molecular weight is 299 g/mol. The maximum Gasteiger partial charge on any atom is 0.153 e. The summed E-state index contributed by atoms with van der Waals surface area (Å²) in [7, 11) is 0. The molecule has 2 aromatic carbocycles. The third kappa shape index (κ3) is 2.61. The number of benzene rings is 2. The van der Waals surface area contributed by atoms with E-state index in [-0.39, 0.29) is 6.17 Å². The molecule has 0 aliphatic carbocycles. The van der Waals surface area contributed by atoms with Gasteiger partial charge < -0.3 is 4.90 Å². The number of para-hydroxylation sites is 1. The van der Waals surface area contributed by atoms with E-state index in [4.69, 9.17) is 4.99 Å². The van der Waals surface area contributed by atoms with Crippen LogP contribution < -0.4 is 15.5 Å². The summed E-state index contributed by atoms with van der Waals surface area (Å²) in [5.41, 5.74) is 3.44. The number of anilines is 1. The van der Waals surface area contributed by atoms with Crippen molar-refractivity contribution in [2.75, 3.05) is 4.90 Å². The number of hydrogen-bond donors (Lipinski definition) is 0. The smallest absolute Gasteiger partial charge is 0.153 e. The first kappa shape index (κ1) is 13.7. The van der Waals surface area contributed by atoms with Gasteiger partial charge in [0.05, 0.1) is 5.36 Å². The van der Waals surface area contributed by atoms with Crippen molar-refractivity contribution in [1.29, 1.82) is 0 Å². The lowest BCUT2D eigenvalue weighted by molar-refractivity contribution is 0.710. The minimum atomic E-state index is -0.0960. The van der Waals surface area contributed by atoms with Crippen molar-refractivity contribution in [3.8, 4) is 0 Å². The van der Waals surface area contributed by atoms with E-state index in [0.717, 1.165) is 21.8 Å². The van der Waals surface area contributed by atoms with Gasteiger partial charge in [-0.1, -0.05) is 35.9 Å². The van der Waals surface area contributed by atoms with Crippen LogP contribution in [0.4, 0.5) is 5.69 Å². The Morgan fingerprint density at radius 2 is 1.83 bits per heavy atom. The number of nitrogens with zero attached hydrogens (tertiary/aromatic N) is 3. The van der Waals surface area contributed by atoms with Gasteiger partial charge in [0.15, 0.2) is 6.17 Å². The Morgan fingerprint density at radius 3 is 2.61 bits per heavy atom. The molecule has 3 heteroatoms. The molecular weight excluding hydrogens is 282 g/mol. The van der Waals surface area contributed by atoms with E-state index in [9.17, 15) is 0 Å². The van der Waals surface area contributed by atoms with Crippen molar-refractivity contribution in [2.24, 2.45) is 4.99 Å². The summed E-state index contributed by atoms with van der Waals surface area (Å²) in [5, 5.41) is 2.17. The summed E-state index contributed by atoms with van der Waals surface area (Å²) >= 11 is 0. The molecule has 0 fully saturated rings. The Hall–Kier alpha value is -2.94. The summed E-state index contributed by atoms with van der Waals surface area (Å²) in [5.74, 6) is 0. The monoisotopic (exact) mass is 299 g/mol. The van der Waals surface area contributed by atoms with Crippen molar-refractivity contribution in [1.82, 2.24) is 4.98 Å². The van der Waals surface area contributed by atoms with Crippen LogP contribution in [0.1, 0.15) is 17.3 Å². The van der Waals surface area contributed by atoms with Gasteiger partial charge in [-0.2, -0.15) is 0 Å². The predicted molar refractivity (Wildman–Crippen MR) is 92.3 cm³/mol. The van der Waals surface area contributed by atoms with E-state index in [0.29, 0.717) is 0 Å². The highest BCUT2D eigenvalue weighted by molar-refractivity contribution is 5.61. The Morgan fingerprint density at radius 1 is 0.957 bits per heavy atom. The van der Waals surface area contributed by atoms with Gasteiger partial charge in [-0.05, 0) is 37.3 Å². The molecule has 1 aliphatic heterocycles. The zero-order chi connectivity index (χ0) is 15.6. The van der Waals surface area contributed by atoms with Crippen molar-refractivity contribution >= 4 is 11.9 Å². The lowest BCUT2D eigenvalue weighted by Gasteiger charge is -2.30. The number of aromatic nitrogens is 1. The fourth-order valence-corrected chi connectivity index (χ4v) is 2.89. The quantitative estimate of drug-likeness (QED) is 0.728. The maximum atomic E-state index is 4.97. The molecule has 3 nitrogen and oxygen atoms in total. The van der Waals surface area contributed by atoms with E-state index >= 15 is 0 Å². The number of rotatable bonds is 2. The van der Waals surface area contributed by atoms with Gasteiger partial charge in [0.25, 0.3) is 0 Å². The average Bonchev–Trinajstić information content (AvgIpc) is 2.62. The van der Waals surface area contributed by atoms with Crippen molar-refractivity contribution < 1.29 is 0 Å². The van der Waals surface area contributed by atoms with Gasteiger partial charge >= 0.3 is 0 Å². The molecule has 112 valence electrons. The number of fused-ring (bicyclic) bond motifs is 1. The Labute approximate surface area is 135 Å². The van der Waals surface area contributed by atoms with E-state index in [1.165, 1.54) is 5.56 Å². The lowest BCUT2D eigenvalue weighted by Crippen LogP contribution is -2.38. The van der Waals surface area contributed by atoms with Gasteiger partial charge in [-0.25, -0.2) is 0 Å². The molecule has 0 spiro atoms. The normalized spacial score (nSPS) is 16.2. The van der Waals surface area contributed by atoms with Crippen LogP contribution in [-0.4, -0.2) is 4.98 Å². The van der Waals surface area contributed by atoms with Crippen LogP contribution in [0.2, 0.25) is 0 Å². The molecule has 1 aliphatic rings. The van der Waals surface area contributed by atoms with Crippen molar-refractivity contribution in [3.05, 3.63) is 94.8 Å². The SMILES string of the molecule is Cc1ccc2c(c1)=CN(c1ccccc1)C(c1cccnc1)N=2. The van der Waals surface area contributed by atoms with Crippen molar-refractivity contribution in [3.63, 3.8) is 0 Å². The van der Waals surface area contributed by atoms with Gasteiger partial charge in [-0.3, -0.25) is 9.98 Å². The topological polar surface area (TPSA) is 28.5 Å². The second kappa shape index (κ2) is 5.69. The highest BCUT2D eigenvalue weighted by Crippen LogP contribution is 2.28. The Kier molecular flexibility index (Phi) is 3.39. The molecule has 3 aromatic rings. The molecule has 0 saturated carbocycles. The van der Waals surface area contributed by atoms with E-state index in [1.54, 1.807) is 6.20 Å². The summed E-state index contributed by atoms with van der Waals surface area (Å²) in [6.07, 6.45) is 5.76. The highest BCUT2D eigenvalue weighted by atomic mass is 15.2. The number of hydrogen-bond acceptors (Lipinski definition) is 3. The maximum absolute atomic E-state index is 4.97. The molecule has 23 heavy (non-hydrogen) atoms. The first-order chi connectivity index (χ1) is 11.3. The number of pyridine rings is 1. The fourth-order valence-electron chi connectivity index (χ4n) is 2.89. The molecule has 2 heterocycles. The van der Waals surface area contributed by atoms with Crippen LogP contribution >= 0.6 is 0 Å². The molecule has 1 unspecified atom stereocenters. The second-order valence-corrected chi connectivity index (χ2v) is 5.72. The molecular formula is C20H17N3. The third-order valence-electron chi connectivity index (χ3n) is 4.02. The molecule has 0 N–H and O–H groups in total. The van der Waals surface area contributed by atoms with Gasteiger partial charge in [-0.15, -0.1) is 0 Å². The molecule has 4 rings (SSSR count). The molecule has 0 radical (unpaired) electrons. The lowest BCUT2D eigenvalue weighted by atomic mass is 10.1. The standard InChI is InChI=1S/C20H17N3/c1-15-9-10-19-17(12-15)14-23(18-7-3-2-4-8-18)20(22-19)16-6-5-11-21-13-16/h2-14,20H,1H3. The van der Waals surface area contributed by atoms with E-state index < -0.39 is 0 Å². The van der Waals surface area contributed by atoms with E-state index in [1.807, 2.05) is 18.3 Å². The Bertz CT molecular complexity index is 934. The zero-order valence-corrected chi connectivity index (χ0v) is 12.9. The van der Waals surface area contributed by atoms with Crippen LogP contribution in [0.15, 0.2) is 78.0 Å². The van der Waals surface area contributed by atoms with Crippen LogP contribution in [0, 0.1) is 6.92 Å². The number of aryl methyl sites for hydroxylation is 1. The Balaban J connectivity index is 1.93. The molecule has 0 bridgehead atoms. The van der Waals surface area contributed by atoms with Gasteiger partial charge in [0, 0.05) is 35.1 Å². The van der Waals surface area contributed by atoms with Crippen LogP contribution in [0.5, 0.6) is 0 Å². The summed E-state index contributed by atoms with van der Waals surface area (Å²) < 4.78 is 0. The predicted octanol–water partition coefficient (Wildman–Crippen LogP) is 2.97. The molecule has 1 atom stereocenters. The molecule has 0 saturated heterocycles. The largest absolute Gasteiger partial charge is 0.321 e. The summed E-state index contributed by atoms with van der Waals surface area (Å²) in [6, 6.07) is 20.7. The minimum absolute atomic E-state index is 0.0960.